The first-order valence-electron chi connectivity index (χ1n) is 8.53. The number of nitrogens with zero attached hydrogens (tertiary/aromatic N) is 1. The van der Waals surface area contributed by atoms with Crippen molar-refractivity contribution in [3.05, 3.63) is 47.4 Å². The third-order valence-electron chi connectivity index (χ3n) is 3.89. The number of oxazole rings is 1. The molecule has 2 heterocycles. The quantitative estimate of drug-likeness (QED) is 0.456. The van der Waals surface area contributed by atoms with Gasteiger partial charge in [0.05, 0.1) is 5.75 Å². The van der Waals surface area contributed by atoms with Crippen molar-refractivity contribution in [3.63, 3.8) is 0 Å². The molecule has 6 heteroatoms. The highest BCUT2D eigenvalue weighted by Gasteiger charge is 2.13. The summed E-state index contributed by atoms with van der Waals surface area (Å²) in [7, 11) is 0. The van der Waals surface area contributed by atoms with E-state index in [4.69, 9.17) is 8.83 Å². The van der Waals surface area contributed by atoms with Crippen molar-refractivity contribution in [1.82, 2.24) is 10.3 Å². The van der Waals surface area contributed by atoms with Gasteiger partial charge < -0.3 is 14.2 Å². The van der Waals surface area contributed by atoms with Gasteiger partial charge in [0.15, 0.2) is 11.3 Å². The van der Waals surface area contributed by atoms with Crippen LogP contribution in [0.5, 0.6) is 0 Å². The Morgan fingerprint density at radius 3 is 2.88 bits per heavy atom. The Bertz CT molecular complexity index is 853. The number of carbonyl (C=O) groups excluding carboxylic acids is 1. The van der Waals surface area contributed by atoms with Crippen molar-refractivity contribution in [2.24, 2.45) is 0 Å². The standard InChI is InChI=1S/C19H22N2O3S/c1-3-4-5-11-20-18(22)16-10-9-14(23-16)12-25-19-21-17-13(2)7-6-8-15(17)24-19/h6-10H,3-5,11-12H2,1-2H3,(H,20,22). The van der Waals surface area contributed by atoms with Crippen LogP contribution >= 0.6 is 11.8 Å². The lowest BCUT2D eigenvalue weighted by Crippen LogP contribution is -2.23. The van der Waals surface area contributed by atoms with Gasteiger partial charge in [0.25, 0.3) is 11.1 Å². The number of para-hydroxylation sites is 1. The summed E-state index contributed by atoms with van der Waals surface area (Å²) in [6.45, 7) is 4.83. The number of hydrogen-bond donors (Lipinski definition) is 1. The van der Waals surface area contributed by atoms with Crippen LogP contribution in [0.2, 0.25) is 0 Å². The summed E-state index contributed by atoms with van der Waals surface area (Å²) in [6, 6.07) is 9.41. The van der Waals surface area contributed by atoms with E-state index in [1.807, 2.05) is 31.2 Å². The molecule has 3 aromatic rings. The second-order valence-corrected chi connectivity index (χ2v) is 6.85. The molecule has 5 nitrogen and oxygen atoms in total. The van der Waals surface area contributed by atoms with Crippen molar-refractivity contribution in [1.29, 1.82) is 0 Å². The monoisotopic (exact) mass is 358 g/mol. The van der Waals surface area contributed by atoms with Gasteiger partial charge in [0.2, 0.25) is 0 Å². The lowest BCUT2D eigenvalue weighted by molar-refractivity contribution is 0.0924. The van der Waals surface area contributed by atoms with E-state index in [0.29, 0.717) is 23.3 Å². The summed E-state index contributed by atoms with van der Waals surface area (Å²) >= 11 is 1.45. The molecule has 0 aliphatic rings. The van der Waals surface area contributed by atoms with Gasteiger partial charge >= 0.3 is 0 Å². The molecule has 1 aromatic carbocycles. The van der Waals surface area contributed by atoms with Gasteiger partial charge in [-0.2, -0.15) is 0 Å². The van der Waals surface area contributed by atoms with E-state index in [1.54, 1.807) is 6.07 Å². The molecule has 0 aliphatic heterocycles. The first-order valence-corrected chi connectivity index (χ1v) is 9.52. The van der Waals surface area contributed by atoms with Crippen molar-refractivity contribution >= 4 is 28.8 Å². The first kappa shape index (κ1) is 17.6. The number of rotatable bonds is 8. The van der Waals surface area contributed by atoms with Crippen LogP contribution in [-0.4, -0.2) is 17.4 Å². The molecule has 0 bridgehead atoms. The van der Waals surface area contributed by atoms with E-state index in [-0.39, 0.29) is 5.91 Å². The van der Waals surface area contributed by atoms with Gasteiger partial charge in [0.1, 0.15) is 11.3 Å². The molecule has 2 aromatic heterocycles. The number of benzene rings is 1. The van der Waals surface area contributed by atoms with Crippen molar-refractivity contribution < 1.29 is 13.6 Å². The van der Waals surface area contributed by atoms with Gasteiger partial charge in [-0.1, -0.05) is 43.7 Å². The zero-order chi connectivity index (χ0) is 17.6. The maximum Gasteiger partial charge on any atom is 0.286 e. The van der Waals surface area contributed by atoms with Crippen molar-refractivity contribution in [2.45, 2.75) is 44.1 Å². The van der Waals surface area contributed by atoms with Crippen LogP contribution in [0, 0.1) is 6.92 Å². The molecule has 0 radical (unpaired) electrons. The van der Waals surface area contributed by atoms with E-state index in [0.717, 1.165) is 41.7 Å². The number of fused-ring (bicyclic) bond motifs is 1. The van der Waals surface area contributed by atoms with Crippen LogP contribution in [0.25, 0.3) is 11.1 Å². The zero-order valence-electron chi connectivity index (χ0n) is 14.5. The molecular formula is C19H22N2O3S. The minimum absolute atomic E-state index is 0.162. The normalized spacial score (nSPS) is 11.1. The minimum Gasteiger partial charge on any atom is -0.455 e. The van der Waals surface area contributed by atoms with Gasteiger partial charge in [-0.25, -0.2) is 4.98 Å². The largest absolute Gasteiger partial charge is 0.455 e. The average Bonchev–Trinajstić information content (AvgIpc) is 3.24. The zero-order valence-corrected chi connectivity index (χ0v) is 15.3. The summed E-state index contributed by atoms with van der Waals surface area (Å²) < 4.78 is 11.4. The van der Waals surface area contributed by atoms with Crippen LogP contribution in [0.4, 0.5) is 0 Å². The summed E-state index contributed by atoms with van der Waals surface area (Å²) in [5.74, 6) is 1.47. The lowest BCUT2D eigenvalue weighted by atomic mass is 10.2. The molecule has 25 heavy (non-hydrogen) atoms. The van der Waals surface area contributed by atoms with Gasteiger partial charge in [0, 0.05) is 6.54 Å². The SMILES string of the molecule is CCCCCNC(=O)c1ccc(CSc2nc3c(C)cccc3o2)o1. The Kier molecular flexibility index (Phi) is 5.81. The average molecular weight is 358 g/mol. The van der Waals surface area contributed by atoms with E-state index in [2.05, 4.69) is 17.2 Å². The molecule has 1 N–H and O–H groups in total. The van der Waals surface area contributed by atoms with Crippen LogP contribution in [0.15, 0.2) is 44.4 Å². The Labute approximate surface area is 151 Å². The lowest BCUT2D eigenvalue weighted by Gasteiger charge is -2.01. The predicted octanol–water partition coefficient (Wildman–Crippen LogP) is 4.94. The second-order valence-electron chi connectivity index (χ2n) is 5.92. The molecule has 3 rings (SSSR count). The van der Waals surface area contributed by atoms with Crippen LogP contribution in [-0.2, 0) is 5.75 Å². The molecular weight excluding hydrogens is 336 g/mol. The van der Waals surface area contributed by atoms with E-state index in [9.17, 15) is 4.79 Å². The molecule has 0 fully saturated rings. The number of hydrogen-bond acceptors (Lipinski definition) is 5. The number of aromatic nitrogens is 1. The maximum atomic E-state index is 12.0. The number of thioether (sulfide) groups is 1. The van der Waals surface area contributed by atoms with E-state index in [1.165, 1.54) is 11.8 Å². The highest BCUT2D eigenvalue weighted by molar-refractivity contribution is 7.98. The number of carbonyl (C=O) groups is 1. The highest BCUT2D eigenvalue weighted by Crippen LogP contribution is 2.28. The summed E-state index contributed by atoms with van der Waals surface area (Å²) in [4.78, 5) is 16.5. The van der Waals surface area contributed by atoms with Gasteiger partial charge in [-0.05, 0) is 37.1 Å². The van der Waals surface area contributed by atoms with Crippen molar-refractivity contribution in [2.75, 3.05) is 6.54 Å². The Morgan fingerprint density at radius 2 is 2.08 bits per heavy atom. The number of aryl methyl sites for hydroxylation is 1. The molecule has 0 saturated carbocycles. The number of unbranched alkanes of at least 4 members (excludes halogenated alkanes) is 2. The number of nitrogens with one attached hydrogen (secondary N) is 1. The molecule has 0 saturated heterocycles. The smallest absolute Gasteiger partial charge is 0.286 e. The second kappa shape index (κ2) is 8.25. The third kappa shape index (κ3) is 4.45. The summed E-state index contributed by atoms with van der Waals surface area (Å²) in [5.41, 5.74) is 2.76. The predicted molar refractivity (Wildman–Crippen MR) is 98.9 cm³/mol. The van der Waals surface area contributed by atoms with Crippen LogP contribution in [0.3, 0.4) is 0 Å². The fraction of sp³-hybridized carbons (Fsp3) is 0.368. The number of furan rings is 1. The van der Waals surface area contributed by atoms with E-state index >= 15 is 0 Å². The Balaban J connectivity index is 1.55. The van der Waals surface area contributed by atoms with Crippen LogP contribution in [0.1, 0.15) is 48.1 Å². The first-order chi connectivity index (χ1) is 12.2. The summed E-state index contributed by atoms with van der Waals surface area (Å²) in [6.07, 6.45) is 3.24. The molecule has 0 aliphatic carbocycles. The fourth-order valence-corrected chi connectivity index (χ4v) is 3.23. The minimum atomic E-state index is -0.162. The maximum absolute atomic E-state index is 12.0. The van der Waals surface area contributed by atoms with Gasteiger partial charge in [-0.3, -0.25) is 4.79 Å². The highest BCUT2D eigenvalue weighted by atomic mass is 32.2. The molecule has 1 amide bonds. The summed E-state index contributed by atoms with van der Waals surface area (Å²) in [5, 5.41) is 3.48. The van der Waals surface area contributed by atoms with Gasteiger partial charge in [-0.15, -0.1) is 0 Å². The third-order valence-corrected chi connectivity index (χ3v) is 4.74. The topological polar surface area (TPSA) is 68.3 Å². The number of amides is 1. The van der Waals surface area contributed by atoms with E-state index < -0.39 is 0 Å². The van der Waals surface area contributed by atoms with Crippen LogP contribution < -0.4 is 5.32 Å². The molecule has 0 atom stereocenters. The Hall–Kier alpha value is -2.21. The molecule has 132 valence electrons. The Morgan fingerprint density at radius 1 is 1.20 bits per heavy atom. The fourth-order valence-electron chi connectivity index (χ4n) is 2.50. The van der Waals surface area contributed by atoms with Crippen molar-refractivity contribution in [3.8, 4) is 0 Å². The molecule has 0 unspecified atom stereocenters. The molecule has 0 spiro atoms.